The van der Waals surface area contributed by atoms with Crippen molar-refractivity contribution in [3.63, 3.8) is 0 Å². The van der Waals surface area contributed by atoms with E-state index in [1.54, 1.807) is 11.3 Å². The van der Waals surface area contributed by atoms with E-state index in [-0.39, 0.29) is 0 Å². The fourth-order valence-corrected chi connectivity index (χ4v) is 2.88. The zero-order chi connectivity index (χ0) is 14.1. The summed E-state index contributed by atoms with van der Waals surface area (Å²) in [5.41, 5.74) is 7.03. The van der Waals surface area contributed by atoms with Crippen molar-refractivity contribution in [3.05, 3.63) is 45.5 Å². The lowest BCUT2D eigenvalue weighted by atomic mass is 10.2. The summed E-state index contributed by atoms with van der Waals surface area (Å²) in [6, 6.07) is 7.77. The van der Waals surface area contributed by atoms with Crippen LogP contribution in [0.25, 0.3) is 10.2 Å². The van der Waals surface area contributed by atoms with Crippen LogP contribution in [0.3, 0.4) is 0 Å². The first-order chi connectivity index (χ1) is 9.63. The molecule has 2 heterocycles. The summed E-state index contributed by atoms with van der Waals surface area (Å²) in [7, 11) is 0. The zero-order valence-electron chi connectivity index (χ0n) is 10.8. The first kappa shape index (κ1) is 13.3. The lowest BCUT2D eigenvalue weighted by Gasteiger charge is -2.07. The number of halogens is 1. The molecular formula is C14H12BrN3OS. The van der Waals surface area contributed by atoms with Gasteiger partial charge in [-0.3, -0.25) is 0 Å². The fourth-order valence-electron chi connectivity index (χ4n) is 1.84. The molecule has 3 aromatic rings. The summed E-state index contributed by atoms with van der Waals surface area (Å²) >= 11 is 5.01. The van der Waals surface area contributed by atoms with Crippen LogP contribution in [0.15, 0.2) is 34.1 Å². The van der Waals surface area contributed by atoms with Crippen molar-refractivity contribution in [1.82, 2.24) is 9.97 Å². The first-order valence-corrected chi connectivity index (χ1v) is 7.69. The number of aryl methyl sites for hydroxylation is 1. The molecule has 0 saturated heterocycles. The van der Waals surface area contributed by atoms with Crippen LogP contribution in [-0.2, 0) is 6.61 Å². The standard InChI is InChI=1S/C14H12BrN3OS/c1-8-6-9(2-3-11(8)15)19-7-12-17-13(16)10-4-5-20-14(10)18-12/h2-6H,7H2,1H3,(H2,16,17,18). The lowest BCUT2D eigenvalue weighted by Crippen LogP contribution is -2.04. The minimum absolute atomic E-state index is 0.305. The van der Waals surface area contributed by atoms with Gasteiger partial charge in [0.05, 0.1) is 5.39 Å². The highest BCUT2D eigenvalue weighted by Gasteiger charge is 2.07. The Kier molecular flexibility index (Phi) is 3.58. The molecule has 0 saturated carbocycles. The van der Waals surface area contributed by atoms with E-state index < -0.39 is 0 Å². The highest BCUT2D eigenvalue weighted by atomic mass is 79.9. The zero-order valence-corrected chi connectivity index (χ0v) is 13.2. The number of aromatic nitrogens is 2. The number of benzene rings is 1. The van der Waals surface area contributed by atoms with Gasteiger partial charge in [-0.05, 0) is 42.1 Å². The minimum atomic E-state index is 0.305. The normalized spacial score (nSPS) is 10.9. The van der Waals surface area contributed by atoms with Crippen LogP contribution in [0, 0.1) is 6.92 Å². The van der Waals surface area contributed by atoms with E-state index in [2.05, 4.69) is 25.9 Å². The average Bonchev–Trinajstić information content (AvgIpc) is 2.89. The van der Waals surface area contributed by atoms with E-state index in [0.29, 0.717) is 18.2 Å². The van der Waals surface area contributed by atoms with Crippen molar-refractivity contribution in [1.29, 1.82) is 0 Å². The maximum absolute atomic E-state index is 5.91. The smallest absolute Gasteiger partial charge is 0.169 e. The second-order valence-corrected chi connectivity index (χ2v) is 6.11. The van der Waals surface area contributed by atoms with E-state index in [1.807, 2.05) is 36.6 Å². The molecule has 2 N–H and O–H groups in total. The second-order valence-electron chi connectivity index (χ2n) is 4.36. The van der Waals surface area contributed by atoms with Crippen LogP contribution in [0.1, 0.15) is 11.4 Å². The number of nitrogens with zero attached hydrogens (tertiary/aromatic N) is 2. The number of hydrogen-bond acceptors (Lipinski definition) is 5. The number of nitrogens with two attached hydrogens (primary N) is 1. The summed E-state index contributed by atoms with van der Waals surface area (Å²) in [4.78, 5) is 9.60. The summed E-state index contributed by atoms with van der Waals surface area (Å²) in [6.45, 7) is 2.32. The molecular weight excluding hydrogens is 338 g/mol. The Bertz CT molecular complexity index is 772. The lowest BCUT2D eigenvalue weighted by molar-refractivity contribution is 0.296. The number of fused-ring (bicyclic) bond motifs is 1. The van der Waals surface area contributed by atoms with Crippen molar-refractivity contribution in [2.45, 2.75) is 13.5 Å². The van der Waals surface area contributed by atoms with E-state index in [0.717, 1.165) is 26.0 Å². The van der Waals surface area contributed by atoms with Crippen molar-refractivity contribution < 1.29 is 4.74 Å². The van der Waals surface area contributed by atoms with Gasteiger partial charge < -0.3 is 10.5 Å². The van der Waals surface area contributed by atoms with Gasteiger partial charge in [-0.25, -0.2) is 9.97 Å². The Balaban J connectivity index is 1.80. The van der Waals surface area contributed by atoms with E-state index in [4.69, 9.17) is 10.5 Å². The quantitative estimate of drug-likeness (QED) is 0.778. The number of ether oxygens (including phenoxy) is 1. The highest BCUT2D eigenvalue weighted by molar-refractivity contribution is 9.10. The number of anilines is 1. The van der Waals surface area contributed by atoms with Gasteiger partial charge in [0, 0.05) is 4.47 Å². The number of thiophene rings is 1. The molecule has 3 rings (SSSR count). The molecule has 2 aromatic heterocycles. The maximum Gasteiger partial charge on any atom is 0.169 e. The Labute approximate surface area is 128 Å². The van der Waals surface area contributed by atoms with Crippen molar-refractivity contribution >= 4 is 43.3 Å². The molecule has 1 aromatic carbocycles. The predicted octanol–water partition coefficient (Wildman–Crippen LogP) is 3.92. The van der Waals surface area contributed by atoms with E-state index in [9.17, 15) is 0 Å². The van der Waals surface area contributed by atoms with Crippen LogP contribution in [-0.4, -0.2) is 9.97 Å². The van der Waals surface area contributed by atoms with Crippen LogP contribution < -0.4 is 10.5 Å². The highest BCUT2D eigenvalue weighted by Crippen LogP contribution is 2.24. The van der Waals surface area contributed by atoms with Gasteiger partial charge >= 0.3 is 0 Å². The minimum Gasteiger partial charge on any atom is -0.486 e. The average molecular weight is 350 g/mol. The van der Waals surface area contributed by atoms with Gasteiger partial charge in [0.25, 0.3) is 0 Å². The van der Waals surface area contributed by atoms with Gasteiger partial charge in [-0.15, -0.1) is 11.3 Å². The maximum atomic E-state index is 5.91. The third-order valence-corrected chi connectivity index (χ3v) is 4.59. The van der Waals surface area contributed by atoms with Gasteiger partial charge in [-0.1, -0.05) is 15.9 Å². The largest absolute Gasteiger partial charge is 0.486 e. The number of hydrogen-bond donors (Lipinski definition) is 1. The third kappa shape index (κ3) is 2.62. The SMILES string of the molecule is Cc1cc(OCc2nc(N)c3ccsc3n2)ccc1Br. The molecule has 0 aliphatic rings. The molecule has 6 heteroatoms. The van der Waals surface area contributed by atoms with Gasteiger partial charge in [0.1, 0.15) is 23.0 Å². The predicted molar refractivity (Wildman–Crippen MR) is 85.0 cm³/mol. The Hall–Kier alpha value is -1.66. The fraction of sp³-hybridized carbons (Fsp3) is 0.143. The molecule has 4 nitrogen and oxygen atoms in total. The Morgan fingerprint density at radius 3 is 2.95 bits per heavy atom. The first-order valence-electron chi connectivity index (χ1n) is 6.02. The number of rotatable bonds is 3. The van der Waals surface area contributed by atoms with Crippen LogP contribution >= 0.6 is 27.3 Å². The molecule has 102 valence electrons. The van der Waals surface area contributed by atoms with E-state index in [1.165, 1.54) is 0 Å². The van der Waals surface area contributed by atoms with E-state index >= 15 is 0 Å². The molecule has 0 aliphatic heterocycles. The summed E-state index contributed by atoms with van der Waals surface area (Å²) in [5.74, 6) is 1.89. The van der Waals surface area contributed by atoms with Crippen LogP contribution in [0.4, 0.5) is 5.82 Å². The monoisotopic (exact) mass is 349 g/mol. The molecule has 0 unspecified atom stereocenters. The molecule has 0 aliphatic carbocycles. The number of nitrogen functional groups attached to an aromatic ring is 1. The molecule has 0 amide bonds. The van der Waals surface area contributed by atoms with Crippen LogP contribution in [0.5, 0.6) is 5.75 Å². The van der Waals surface area contributed by atoms with Crippen LogP contribution in [0.2, 0.25) is 0 Å². The van der Waals surface area contributed by atoms with Gasteiger partial charge in [-0.2, -0.15) is 0 Å². The third-order valence-electron chi connectivity index (χ3n) is 2.90. The van der Waals surface area contributed by atoms with Gasteiger partial charge in [0.15, 0.2) is 5.82 Å². The molecule has 20 heavy (non-hydrogen) atoms. The molecule has 0 spiro atoms. The molecule has 0 atom stereocenters. The Morgan fingerprint density at radius 1 is 1.30 bits per heavy atom. The molecule has 0 fully saturated rings. The van der Waals surface area contributed by atoms with Gasteiger partial charge in [0.2, 0.25) is 0 Å². The summed E-state index contributed by atoms with van der Waals surface area (Å²) in [5, 5.41) is 2.86. The Morgan fingerprint density at radius 2 is 2.15 bits per heavy atom. The summed E-state index contributed by atoms with van der Waals surface area (Å²) in [6.07, 6.45) is 0. The van der Waals surface area contributed by atoms with Crippen molar-refractivity contribution in [3.8, 4) is 5.75 Å². The topological polar surface area (TPSA) is 61.0 Å². The molecule has 0 bridgehead atoms. The molecule has 0 radical (unpaired) electrons. The summed E-state index contributed by atoms with van der Waals surface area (Å²) < 4.78 is 6.77. The second kappa shape index (κ2) is 5.38. The van der Waals surface area contributed by atoms with Crippen molar-refractivity contribution in [2.75, 3.05) is 5.73 Å². The van der Waals surface area contributed by atoms with Crippen molar-refractivity contribution in [2.24, 2.45) is 0 Å².